The number of nitrogens with one attached hydrogen (secondary N) is 1. The van der Waals surface area contributed by atoms with Gasteiger partial charge in [0, 0.05) is 25.3 Å². The van der Waals surface area contributed by atoms with E-state index < -0.39 is 22.5 Å². The number of rotatable bonds is 7. The van der Waals surface area contributed by atoms with Gasteiger partial charge in [-0.15, -0.1) is 0 Å². The molecule has 0 aliphatic heterocycles. The molecule has 0 unspecified atom stereocenters. The van der Waals surface area contributed by atoms with Crippen molar-refractivity contribution in [1.29, 1.82) is 0 Å². The van der Waals surface area contributed by atoms with E-state index in [2.05, 4.69) is 10.1 Å². The quantitative estimate of drug-likeness (QED) is 0.464. The van der Waals surface area contributed by atoms with E-state index in [1.165, 1.54) is 21.0 Å². The van der Waals surface area contributed by atoms with E-state index >= 15 is 0 Å². The molecule has 0 amide bonds. The van der Waals surface area contributed by atoms with Crippen molar-refractivity contribution in [3.63, 3.8) is 0 Å². The van der Waals surface area contributed by atoms with Crippen LogP contribution in [0.4, 0.5) is 0 Å². The number of hydrogen-bond donors (Lipinski definition) is 1. The Morgan fingerprint density at radius 2 is 2.00 bits per heavy atom. The summed E-state index contributed by atoms with van der Waals surface area (Å²) < 4.78 is 4.65. The number of nitro groups is 1. The average molecular weight is 280 g/mol. The predicted molar refractivity (Wildman–Crippen MR) is 75.0 cm³/mol. The standard InChI is InChI=1S/C14H20N2O4/c1-14(2,16(18)19)12(13(17)20-3)15-10-9-11-7-5-4-6-8-11/h4-8,12,15H,9-10H2,1-3H3/t12-/m1/s1. The molecule has 0 spiro atoms. The lowest BCUT2D eigenvalue weighted by atomic mass is 9.95. The van der Waals surface area contributed by atoms with Gasteiger partial charge in [-0.1, -0.05) is 30.3 Å². The first-order chi connectivity index (χ1) is 9.39. The van der Waals surface area contributed by atoms with Crippen molar-refractivity contribution in [2.45, 2.75) is 31.8 Å². The van der Waals surface area contributed by atoms with Crippen molar-refractivity contribution in [3.8, 4) is 0 Å². The molecule has 110 valence electrons. The van der Waals surface area contributed by atoms with E-state index in [9.17, 15) is 14.9 Å². The molecule has 1 aromatic carbocycles. The van der Waals surface area contributed by atoms with Crippen LogP contribution < -0.4 is 5.32 Å². The van der Waals surface area contributed by atoms with Gasteiger partial charge in [0.2, 0.25) is 5.54 Å². The Labute approximate surface area is 118 Å². The summed E-state index contributed by atoms with van der Waals surface area (Å²) in [7, 11) is 1.23. The second-order valence-corrected chi connectivity index (χ2v) is 5.06. The number of carbonyl (C=O) groups excluding carboxylic acids is 1. The number of esters is 1. The SMILES string of the molecule is COC(=O)[C@@H](NCCc1ccccc1)C(C)(C)[N+](=O)[O-]. The normalized spacial score (nSPS) is 12.8. The van der Waals surface area contributed by atoms with Gasteiger partial charge in [-0.25, -0.2) is 0 Å². The molecule has 0 heterocycles. The van der Waals surface area contributed by atoms with Crippen LogP contribution in [0, 0.1) is 10.1 Å². The minimum Gasteiger partial charge on any atom is -0.468 e. The minimum atomic E-state index is -1.43. The third-order valence-electron chi connectivity index (χ3n) is 3.22. The van der Waals surface area contributed by atoms with E-state index in [0.29, 0.717) is 13.0 Å². The second-order valence-electron chi connectivity index (χ2n) is 5.06. The highest BCUT2D eigenvalue weighted by Crippen LogP contribution is 2.15. The lowest BCUT2D eigenvalue weighted by molar-refractivity contribution is -0.563. The summed E-state index contributed by atoms with van der Waals surface area (Å²) in [6.45, 7) is 3.27. The Bertz CT molecular complexity index is 460. The molecule has 1 N–H and O–H groups in total. The summed E-state index contributed by atoms with van der Waals surface area (Å²) in [6, 6.07) is 8.72. The van der Waals surface area contributed by atoms with E-state index in [0.717, 1.165) is 5.56 Å². The number of ether oxygens (including phenoxy) is 1. The van der Waals surface area contributed by atoms with Gasteiger partial charge in [0.15, 0.2) is 6.04 Å². The zero-order valence-corrected chi connectivity index (χ0v) is 12.0. The van der Waals surface area contributed by atoms with Gasteiger partial charge in [0.25, 0.3) is 0 Å². The number of hydrogen-bond acceptors (Lipinski definition) is 5. The highest BCUT2D eigenvalue weighted by molar-refractivity contribution is 5.77. The molecule has 0 aliphatic rings. The lowest BCUT2D eigenvalue weighted by Gasteiger charge is -2.25. The van der Waals surface area contributed by atoms with Crippen LogP contribution in [0.25, 0.3) is 0 Å². The van der Waals surface area contributed by atoms with Crippen LogP contribution in [0.5, 0.6) is 0 Å². The molecule has 0 fully saturated rings. The predicted octanol–water partition coefficient (Wildman–Crippen LogP) is 1.42. The first-order valence-corrected chi connectivity index (χ1v) is 6.39. The maximum absolute atomic E-state index is 11.7. The third-order valence-corrected chi connectivity index (χ3v) is 3.22. The summed E-state index contributed by atoms with van der Waals surface area (Å²) in [5.41, 5.74) is -0.327. The van der Waals surface area contributed by atoms with Crippen molar-refractivity contribution in [3.05, 3.63) is 46.0 Å². The molecule has 0 saturated heterocycles. The van der Waals surface area contributed by atoms with Gasteiger partial charge >= 0.3 is 5.97 Å². The number of nitrogens with zero attached hydrogens (tertiary/aromatic N) is 1. The van der Waals surface area contributed by atoms with Crippen LogP contribution in [-0.2, 0) is 16.0 Å². The summed E-state index contributed by atoms with van der Waals surface area (Å²) >= 11 is 0. The molecule has 0 bridgehead atoms. The summed E-state index contributed by atoms with van der Waals surface area (Å²) in [5.74, 6) is -0.625. The zero-order valence-electron chi connectivity index (χ0n) is 12.0. The van der Waals surface area contributed by atoms with Gasteiger partial charge < -0.3 is 4.74 Å². The number of methoxy groups -OCH3 is 1. The Balaban J connectivity index is 2.67. The first kappa shape index (κ1) is 16.1. The van der Waals surface area contributed by atoms with Crippen molar-refractivity contribution in [1.82, 2.24) is 5.32 Å². The van der Waals surface area contributed by atoms with Crippen LogP contribution in [0.3, 0.4) is 0 Å². The first-order valence-electron chi connectivity index (χ1n) is 6.39. The van der Waals surface area contributed by atoms with Crippen LogP contribution in [0.15, 0.2) is 30.3 Å². The van der Waals surface area contributed by atoms with Crippen LogP contribution in [0.2, 0.25) is 0 Å². The minimum absolute atomic E-state index is 0.459. The van der Waals surface area contributed by atoms with Crippen molar-refractivity contribution in [2.75, 3.05) is 13.7 Å². The second kappa shape index (κ2) is 7.00. The van der Waals surface area contributed by atoms with E-state index in [1.54, 1.807) is 0 Å². The molecule has 0 aliphatic carbocycles. The number of benzene rings is 1. The van der Waals surface area contributed by atoms with Crippen LogP contribution >= 0.6 is 0 Å². The van der Waals surface area contributed by atoms with E-state index in [-0.39, 0.29) is 0 Å². The van der Waals surface area contributed by atoms with Crippen molar-refractivity contribution in [2.24, 2.45) is 0 Å². The summed E-state index contributed by atoms with van der Waals surface area (Å²) in [6.07, 6.45) is 0.683. The topological polar surface area (TPSA) is 81.5 Å². The smallest absolute Gasteiger partial charge is 0.330 e. The summed E-state index contributed by atoms with van der Waals surface area (Å²) in [5, 5.41) is 14.0. The summed E-state index contributed by atoms with van der Waals surface area (Å²) in [4.78, 5) is 22.3. The zero-order chi connectivity index (χ0) is 15.2. The van der Waals surface area contributed by atoms with Crippen molar-refractivity contribution < 1.29 is 14.5 Å². The van der Waals surface area contributed by atoms with Gasteiger partial charge in [0.1, 0.15) is 0 Å². The molecule has 6 nitrogen and oxygen atoms in total. The fourth-order valence-electron chi connectivity index (χ4n) is 1.85. The highest BCUT2D eigenvalue weighted by atomic mass is 16.6. The molecule has 1 aromatic rings. The van der Waals surface area contributed by atoms with Crippen LogP contribution in [0.1, 0.15) is 19.4 Å². The fraction of sp³-hybridized carbons (Fsp3) is 0.500. The van der Waals surface area contributed by atoms with Gasteiger partial charge in [-0.2, -0.15) is 0 Å². The van der Waals surface area contributed by atoms with Crippen molar-refractivity contribution >= 4 is 5.97 Å². The largest absolute Gasteiger partial charge is 0.468 e. The molecule has 0 aromatic heterocycles. The maximum atomic E-state index is 11.7. The highest BCUT2D eigenvalue weighted by Gasteiger charge is 2.46. The van der Waals surface area contributed by atoms with Gasteiger partial charge in [-0.3, -0.25) is 20.2 Å². The Morgan fingerprint density at radius 1 is 1.40 bits per heavy atom. The molecule has 0 radical (unpaired) electrons. The molecule has 1 rings (SSSR count). The van der Waals surface area contributed by atoms with E-state index in [4.69, 9.17) is 0 Å². The molecule has 1 atom stereocenters. The van der Waals surface area contributed by atoms with Gasteiger partial charge in [0.05, 0.1) is 7.11 Å². The Morgan fingerprint density at radius 3 is 2.50 bits per heavy atom. The van der Waals surface area contributed by atoms with Gasteiger partial charge in [-0.05, 0) is 12.0 Å². The lowest BCUT2D eigenvalue weighted by Crippen LogP contribution is -2.57. The molecule has 6 heteroatoms. The Hall–Kier alpha value is -1.95. The molecule has 20 heavy (non-hydrogen) atoms. The fourth-order valence-corrected chi connectivity index (χ4v) is 1.85. The number of carbonyl (C=O) groups is 1. The molecule has 0 saturated carbocycles. The molecular weight excluding hydrogens is 260 g/mol. The molecular formula is C14H20N2O4. The van der Waals surface area contributed by atoms with Crippen LogP contribution in [-0.4, -0.2) is 36.1 Å². The maximum Gasteiger partial charge on any atom is 0.330 e. The third kappa shape index (κ3) is 4.03. The Kier molecular flexibility index (Phi) is 5.64. The average Bonchev–Trinajstić information content (AvgIpc) is 2.43. The monoisotopic (exact) mass is 280 g/mol. The van der Waals surface area contributed by atoms with E-state index in [1.807, 2.05) is 30.3 Å².